The standard InChI is InChI=1S/C9H14N4O2/c1-2-3-4-11-9-6-7(13(14)15)5-8(10)12-9/h5-6H,2-4H2,1H3,(H3,10,11,12). The predicted octanol–water partition coefficient (Wildman–Crippen LogP) is 1.78. The Labute approximate surface area is 87.7 Å². The van der Waals surface area contributed by atoms with Gasteiger partial charge < -0.3 is 11.1 Å². The number of aromatic nitrogens is 1. The van der Waals surface area contributed by atoms with E-state index in [1.165, 1.54) is 12.1 Å². The van der Waals surface area contributed by atoms with Crippen LogP contribution in [0.1, 0.15) is 19.8 Å². The van der Waals surface area contributed by atoms with Gasteiger partial charge in [-0.25, -0.2) is 4.98 Å². The summed E-state index contributed by atoms with van der Waals surface area (Å²) in [4.78, 5) is 14.0. The van der Waals surface area contributed by atoms with Crippen molar-refractivity contribution in [2.45, 2.75) is 19.8 Å². The van der Waals surface area contributed by atoms with Crippen molar-refractivity contribution < 1.29 is 4.92 Å². The topological polar surface area (TPSA) is 94.1 Å². The summed E-state index contributed by atoms with van der Waals surface area (Å²) < 4.78 is 0. The lowest BCUT2D eigenvalue weighted by atomic mass is 10.3. The zero-order chi connectivity index (χ0) is 11.3. The molecule has 3 N–H and O–H groups in total. The van der Waals surface area contributed by atoms with Gasteiger partial charge >= 0.3 is 0 Å². The van der Waals surface area contributed by atoms with Crippen LogP contribution in [0.3, 0.4) is 0 Å². The van der Waals surface area contributed by atoms with Crippen LogP contribution < -0.4 is 11.1 Å². The Morgan fingerprint density at radius 1 is 1.60 bits per heavy atom. The molecular weight excluding hydrogens is 196 g/mol. The van der Waals surface area contributed by atoms with Crippen LogP contribution in [0.2, 0.25) is 0 Å². The molecule has 0 aliphatic carbocycles. The number of hydrogen-bond acceptors (Lipinski definition) is 5. The van der Waals surface area contributed by atoms with Crippen LogP contribution in [0.4, 0.5) is 17.3 Å². The molecule has 0 spiro atoms. The zero-order valence-corrected chi connectivity index (χ0v) is 8.56. The Morgan fingerprint density at radius 3 is 2.93 bits per heavy atom. The maximum atomic E-state index is 10.5. The SMILES string of the molecule is CCCCNc1cc([N+](=O)[O-])cc(N)n1. The number of nitro groups is 1. The second-order valence-corrected chi connectivity index (χ2v) is 3.17. The minimum Gasteiger partial charge on any atom is -0.383 e. The van der Waals surface area contributed by atoms with Gasteiger partial charge in [-0.15, -0.1) is 0 Å². The van der Waals surface area contributed by atoms with Gasteiger partial charge in [-0.2, -0.15) is 0 Å². The van der Waals surface area contributed by atoms with Gasteiger partial charge in [0.05, 0.1) is 17.1 Å². The van der Waals surface area contributed by atoms with Gasteiger partial charge in [0.15, 0.2) is 0 Å². The van der Waals surface area contributed by atoms with Gasteiger partial charge in [0.1, 0.15) is 11.6 Å². The Bertz CT molecular complexity index is 354. The number of nitrogen functional groups attached to an aromatic ring is 1. The predicted molar refractivity (Wildman–Crippen MR) is 58.7 cm³/mol. The van der Waals surface area contributed by atoms with Crippen LogP contribution in [0.15, 0.2) is 12.1 Å². The third kappa shape index (κ3) is 3.41. The summed E-state index contributed by atoms with van der Waals surface area (Å²) in [6.07, 6.45) is 2.04. The largest absolute Gasteiger partial charge is 0.383 e. The summed E-state index contributed by atoms with van der Waals surface area (Å²) in [5, 5.41) is 13.5. The number of nitrogens with one attached hydrogen (secondary N) is 1. The van der Waals surface area contributed by atoms with Crippen molar-refractivity contribution in [1.29, 1.82) is 0 Å². The van der Waals surface area contributed by atoms with Crippen LogP contribution >= 0.6 is 0 Å². The fraction of sp³-hybridized carbons (Fsp3) is 0.444. The Morgan fingerprint density at radius 2 is 2.33 bits per heavy atom. The second kappa shape index (κ2) is 5.14. The minimum atomic E-state index is -0.483. The molecule has 0 fully saturated rings. The average molecular weight is 210 g/mol. The summed E-state index contributed by atoms with van der Waals surface area (Å²) in [7, 11) is 0. The number of hydrogen-bond donors (Lipinski definition) is 2. The fourth-order valence-electron chi connectivity index (χ4n) is 1.13. The van der Waals surface area contributed by atoms with Crippen LogP contribution in [0.5, 0.6) is 0 Å². The fourth-order valence-corrected chi connectivity index (χ4v) is 1.13. The maximum absolute atomic E-state index is 10.5. The maximum Gasteiger partial charge on any atom is 0.276 e. The molecule has 6 nitrogen and oxygen atoms in total. The van der Waals surface area contributed by atoms with E-state index in [0.717, 1.165) is 19.4 Å². The van der Waals surface area contributed by atoms with E-state index >= 15 is 0 Å². The number of nitrogens with zero attached hydrogens (tertiary/aromatic N) is 2. The Kier molecular flexibility index (Phi) is 3.84. The number of nitrogens with two attached hydrogens (primary N) is 1. The molecule has 0 aliphatic rings. The summed E-state index contributed by atoms with van der Waals surface area (Å²) in [6.45, 7) is 2.81. The summed E-state index contributed by atoms with van der Waals surface area (Å²) in [5.74, 6) is 0.610. The molecule has 0 radical (unpaired) electrons. The van der Waals surface area contributed by atoms with Crippen LogP contribution in [-0.4, -0.2) is 16.5 Å². The molecule has 0 saturated heterocycles. The molecule has 0 aliphatic heterocycles. The van der Waals surface area contributed by atoms with Gasteiger partial charge in [-0.1, -0.05) is 13.3 Å². The number of unbranched alkanes of at least 4 members (excludes halogenated alkanes) is 1. The molecule has 0 saturated carbocycles. The van der Waals surface area contributed by atoms with Gasteiger partial charge in [-0.05, 0) is 6.42 Å². The molecule has 0 atom stereocenters. The van der Waals surface area contributed by atoms with Gasteiger partial charge in [0, 0.05) is 6.54 Å². The van der Waals surface area contributed by atoms with Crippen LogP contribution in [0.25, 0.3) is 0 Å². The van der Waals surface area contributed by atoms with E-state index in [2.05, 4.69) is 17.2 Å². The molecule has 1 rings (SSSR count). The van der Waals surface area contributed by atoms with Crippen molar-refractivity contribution >= 4 is 17.3 Å². The first-order valence-corrected chi connectivity index (χ1v) is 4.79. The highest BCUT2D eigenvalue weighted by molar-refractivity contribution is 5.52. The highest BCUT2D eigenvalue weighted by atomic mass is 16.6. The van der Waals surface area contributed by atoms with E-state index in [1.54, 1.807) is 0 Å². The summed E-state index contributed by atoms with van der Waals surface area (Å²) in [5.41, 5.74) is 5.41. The van der Waals surface area contributed by atoms with Crippen molar-refractivity contribution in [2.75, 3.05) is 17.6 Å². The third-order valence-electron chi connectivity index (χ3n) is 1.88. The van der Waals surface area contributed by atoms with Crippen molar-refractivity contribution in [2.24, 2.45) is 0 Å². The lowest BCUT2D eigenvalue weighted by molar-refractivity contribution is -0.384. The normalized spacial score (nSPS) is 9.93. The average Bonchev–Trinajstić information content (AvgIpc) is 2.17. The molecule has 0 amide bonds. The number of rotatable bonds is 5. The van der Waals surface area contributed by atoms with Crippen LogP contribution in [0, 0.1) is 10.1 Å². The van der Waals surface area contributed by atoms with Gasteiger partial charge in [0.2, 0.25) is 0 Å². The Balaban J connectivity index is 2.75. The molecule has 82 valence electrons. The molecule has 0 unspecified atom stereocenters. The molecule has 0 bridgehead atoms. The molecule has 1 aromatic rings. The second-order valence-electron chi connectivity index (χ2n) is 3.17. The summed E-state index contributed by atoms with van der Waals surface area (Å²) >= 11 is 0. The van der Waals surface area contributed by atoms with E-state index in [1.807, 2.05) is 0 Å². The van der Waals surface area contributed by atoms with E-state index in [0.29, 0.717) is 5.82 Å². The van der Waals surface area contributed by atoms with Gasteiger partial charge in [-0.3, -0.25) is 10.1 Å². The first kappa shape index (κ1) is 11.2. The Hall–Kier alpha value is -1.85. The molecule has 6 heteroatoms. The smallest absolute Gasteiger partial charge is 0.276 e. The van der Waals surface area contributed by atoms with E-state index < -0.39 is 4.92 Å². The minimum absolute atomic E-state index is 0.0403. The molecular formula is C9H14N4O2. The van der Waals surface area contributed by atoms with E-state index in [-0.39, 0.29) is 11.5 Å². The lowest BCUT2D eigenvalue weighted by Crippen LogP contribution is -2.05. The van der Waals surface area contributed by atoms with Crippen molar-refractivity contribution in [1.82, 2.24) is 4.98 Å². The highest BCUT2D eigenvalue weighted by Gasteiger charge is 2.08. The van der Waals surface area contributed by atoms with E-state index in [4.69, 9.17) is 5.73 Å². The molecule has 0 aromatic carbocycles. The van der Waals surface area contributed by atoms with Gasteiger partial charge in [0.25, 0.3) is 5.69 Å². The highest BCUT2D eigenvalue weighted by Crippen LogP contribution is 2.18. The van der Waals surface area contributed by atoms with Crippen molar-refractivity contribution in [3.63, 3.8) is 0 Å². The number of pyridine rings is 1. The first-order valence-electron chi connectivity index (χ1n) is 4.79. The first-order chi connectivity index (χ1) is 7.13. The quantitative estimate of drug-likeness (QED) is 0.439. The third-order valence-corrected chi connectivity index (χ3v) is 1.88. The number of anilines is 2. The van der Waals surface area contributed by atoms with Crippen LogP contribution in [-0.2, 0) is 0 Å². The van der Waals surface area contributed by atoms with Crippen molar-refractivity contribution in [3.05, 3.63) is 22.2 Å². The lowest BCUT2D eigenvalue weighted by Gasteiger charge is -2.04. The molecule has 15 heavy (non-hydrogen) atoms. The monoisotopic (exact) mass is 210 g/mol. The zero-order valence-electron chi connectivity index (χ0n) is 8.56. The van der Waals surface area contributed by atoms with Crippen molar-refractivity contribution in [3.8, 4) is 0 Å². The summed E-state index contributed by atoms with van der Waals surface area (Å²) in [6, 6.07) is 2.62. The van der Waals surface area contributed by atoms with E-state index in [9.17, 15) is 10.1 Å². The molecule has 1 aromatic heterocycles. The molecule has 1 heterocycles.